The second-order valence-corrected chi connectivity index (χ2v) is 4.53. The maximum atomic E-state index is 10.6. The average molecular weight is 258 g/mol. The van der Waals surface area contributed by atoms with Crippen molar-refractivity contribution in [3.63, 3.8) is 0 Å². The lowest BCUT2D eigenvalue weighted by Gasteiger charge is -2.13. The van der Waals surface area contributed by atoms with Crippen molar-refractivity contribution < 1.29 is 9.90 Å². The number of benzene rings is 1. The smallest absolute Gasteiger partial charge is 0.409 e. The lowest BCUT2D eigenvalue weighted by molar-refractivity contribution is 0.210. The SMILES string of the molecule is CC(C)CNc1cc(NC(=O)O)c(N)cc1Cl. The number of anilines is 3. The second kappa shape index (κ2) is 5.63. The lowest BCUT2D eigenvalue weighted by atomic mass is 10.2. The summed E-state index contributed by atoms with van der Waals surface area (Å²) in [6, 6.07) is 3.11. The zero-order valence-corrected chi connectivity index (χ0v) is 10.5. The molecule has 5 nitrogen and oxygen atoms in total. The van der Waals surface area contributed by atoms with E-state index in [2.05, 4.69) is 24.5 Å². The highest BCUT2D eigenvalue weighted by atomic mass is 35.5. The molecule has 0 aliphatic rings. The predicted octanol–water partition coefficient (Wildman–Crippen LogP) is 3.08. The van der Waals surface area contributed by atoms with E-state index in [0.29, 0.717) is 28.0 Å². The van der Waals surface area contributed by atoms with Crippen LogP contribution in [0.5, 0.6) is 0 Å². The number of nitrogen functional groups attached to an aromatic ring is 1. The van der Waals surface area contributed by atoms with Gasteiger partial charge in [-0.3, -0.25) is 5.32 Å². The van der Waals surface area contributed by atoms with Crippen molar-refractivity contribution in [1.29, 1.82) is 0 Å². The van der Waals surface area contributed by atoms with Gasteiger partial charge in [-0.25, -0.2) is 4.79 Å². The minimum atomic E-state index is -1.16. The first-order chi connectivity index (χ1) is 7.90. The lowest BCUT2D eigenvalue weighted by Crippen LogP contribution is -2.12. The van der Waals surface area contributed by atoms with Crippen molar-refractivity contribution in [2.75, 3.05) is 22.9 Å². The summed E-state index contributed by atoms with van der Waals surface area (Å²) in [6.45, 7) is 4.87. The third kappa shape index (κ3) is 4.03. The molecule has 0 saturated heterocycles. The number of hydrogen-bond donors (Lipinski definition) is 4. The topological polar surface area (TPSA) is 87.4 Å². The summed E-state index contributed by atoms with van der Waals surface area (Å²) >= 11 is 6.00. The number of nitrogens with two attached hydrogens (primary N) is 1. The highest BCUT2D eigenvalue weighted by Gasteiger charge is 2.08. The zero-order valence-electron chi connectivity index (χ0n) is 9.75. The monoisotopic (exact) mass is 257 g/mol. The van der Waals surface area contributed by atoms with Crippen LogP contribution in [-0.4, -0.2) is 17.7 Å². The quantitative estimate of drug-likeness (QED) is 0.624. The van der Waals surface area contributed by atoms with Gasteiger partial charge in [0.1, 0.15) is 0 Å². The zero-order chi connectivity index (χ0) is 13.0. The minimum Gasteiger partial charge on any atom is -0.465 e. The van der Waals surface area contributed by atoms with Crippen molar-refractivity contribution in [2.45, 2.75) is 13.8 Å². The number of carboxylic acid groups (broad SMARTS) is 1. The van der Waals surface area contributed by atoms with E-state index >= 15 is 0 Å². The van der Waals surface area contributed by atoms with E-state index in [0.717, 1.165) is 6.54 Å². The van der Waals surface area contributed by atoms with Crippen LogP contribution in [0.15, 0.2) is 12.1 Å². The molecular formula is C11H16ClN3O2. The molecule has 0 aliphatic carbocycles. The first-order valence-corrected chi connectivity index (χ1v) is 5.60. The van der Waals surface area contributed by atoms with Crippen molar-refractivity contribution in [3.05, 3.63) is 17.2 Å². The fraction of sp³-hybridized carbons (Fsp3) is 0.364. The predicted molar refractivity (Wildman–Crippen MR) is 70.8 cm³/mol. The van der Waals surface area contributed by atoms with Crippen molar-refractivity contribution in [2.24, 2.45) is 5.92 Å². The molecule has 0 fully saturated rings. The Balaban J connectivity index is 2.93. The van der Waals surface area contributed by atoms with E-state index in [4.69, 9.17) is 22.4 Å². The van der Waals surface area contributed by atoms with Gasteiger partial charge in [0, 0.05) is 6.54 Å². The molecule has 1 amide bonds. The van der Waals surface area contributed by atoms with Crippen LogP contribution in [0.1, 0.15) is 13.8 Å². The second-order valence-electron chi connectivity index (χ2n) is 4.12. The van der Waals surface area contributed by atoms with Gasteiger partial charge in [0.25, 0.3) is 0 Å². The minimum absolute atomic E-state index is 0.299. The van der Waals surface area contributed by atoms with E-state index in [-0.39, 0.29) is 0 Å². The molecule has 0 aromatic heterocycles. The average Bonchev–Trinajstić information content (AvgIpc) is 2.19. The first-order valence-electron chi connectivity index (χ1n) is 5.23. The molecule has 6 heteroatoms. The van der Waals surface area contributed by atoms with Crippen molar-refractivity contribution >= 4 is 34.8 Å². The van der Waals surface area contributed by atoms with Gasteiger partial charge in [0.15, 0.2) is 0 Å². The Morgan fingerprint density at radius 3 is 2.65 bits per heavy atom. The van der Waals surface area contributed by atoms with E-state index in [9.17, 15) is 4.79 Å². The van der Waals surface area contributed by atoms with Crippen LogP contribution in [0.2, 0.25) is 5.02 Å². The molecule has 1 aromatic carbocycles. The number of nitrogens with one attached hydrogen (secondary N) is 2. The standard InChI is InChI=1S/C11H16ClN3O2/c1-6(2)5-14-9-4-10(15-11(16)17)8(13)3-7(9)12/h3-4,6,14-15H,5,13H2,1-2H3,(H,16,17). The van der Waals surface area contributed by atoms with Gasteiger partial charge in [0.05, 0.1) is 22.1 Å². The van der Waals surface area contributed by atoms with Crippen LogP contribution >= 0.6 is 11.6 Å². The molecule has 0 radical (unpaired) electrons. The maximum Gasteiger partial charge on any atom is 0.409 e. The molecule has 1 rings (SSSR count). The Morgan fingerprint density at radius 2 is 2.12 bits per heavy atom. The van der Waals surface area contributed by atoms with Crippen LogP contribution in [0.4, 0.5) is 21.9 Å². The third-order valence-corrected chi connectivity index (χ3v) is 2.39. The van der Waals surface area contributed by atoms with E-state index in [1.54, 1.807) is 6.07 Å². The van der Waals surface area contributed by atoms with Gasteiger partial charge < -0.3 is 16.2 Å². The number of hydrogen-bond acceptors (Lipinski definition) is 3. The van der Waals surface area contributed by atoms with Gasteiger partial charge in [-0.15, -0.1) is 0 Å². The molecule has 1 aromatic rings. The summed E-state index contributed by atoms with van der Waals surface area (Å²) in [5, 5.41) is 14.5. The van der Waals surface area contributed by atoms with Crippen LogP contribution < -0.4 is 16.4 Å². The first kappa shape index (κ1) is 13.4. The van der Waals surface area contributed by atoms with Gasteiger partial charge in [-0.2, -0.15) is 0 Å². The van der Waals surface area contributed by atoms with E-state index in [1.807, 2.05) is 0 Å². The van der Waals surface area contributed by atoms with Crippen molar-refractivity contribution in [3.8, 4) is 0 Å². The summed E-state index contributed by atoms with van der Waals surface area (Å²) in [6.07, 6.45) is -1.16. The number of amides is 1. The summed E-state index contributed by atoms with van der Waals surface area (Å²) in [7, 11) is 0. The maximum absolute atomic E-state index is 10.6. The van der Waals surface area contributed by atoms with Crippen LogP contribution in [-0.2, 0) is 0 Å². The fourth-order valence-electron chi connectivity index (χ4n) is 1.26. The summed E-state index contributed by atoms with van der Waals surface area (Å²) in [5.41, 5.74) is 6.95. The van der Waals surface area contributed by atoms with Crippen LogP contribution in [0.25, 0.3) is 0 Å². The molecule has 0 bridgehead atoms. The molecule has 5 N–H and O–H groups in total. The Hall–Kier alpha value is -1.62. The summed E-state index contributed by atoms with van der Waals surface area (Å²) in [4.78, 5) is 10.6. The molecule has 0 saturated carbocycles. The van der Waals surface area contributed by atoms with Gasteiger partial charge in [-0.1, -0.05) is 25.4 Å². The van der Waals surface area contributed by atoms with E-state index in [1.165, 1.54) is 6.07 Å². The van der Waals surface area contributed by atoms with Crippen molar-refractivity contribution in [1.82, 2.24) is 0 Å². The molecular weight excluding hydrogens is 242 g/mol. The molecule has 94 valence electrons. The van der Waals surface area contributed by atoms with Gasteiger partial charge >= 0.3 is 6.09 Å². The Bertz CT molecular complexity index is 421. The normalized spacial score (nSPS) is 10.4. The van der Waals surface area contributed by atoms with Gasteiger partial charge in [0.2, 0.25) is 0 Å². The molecule has 0 unspecified atom stereocenters. The van der Waals surface area contributed by atoms with E-state index < -0.39 is 6.09 Å². The largest absolute Gasteiger partial charge is 0.465 e. The Labute approximate surface area is 105 Å². The summed E-state index contributed by atoms with van der Waals surface area (Å²) in [5.74, 6) is 0.458. The Morgan fingerprint density at radius 1 is 1.47 bits per heavy atom. The Kier molecular flexibility index (Phi) is 4.45. The van der Waals surface area contributed by atoms with Crippen LogP contribution in [0, 0.1) is 5.92 Å². The highest BCUT2D eigenvalue weighted by molar-refractivity contribution is 6.33. The molecule has 0 atom stereocenters. The number of carbonyl (C=O) groups is 1. The molecule has 0 aliphatic heterocycles. The van der Waals surface area contributed by atoms with Crippen LogP contribution in [0.3, 0.4) is 0 Å². The third-order valence-electron chi connectivity index (χ3n) is 2.08. The van der Waals surface area contributed by atoms with Gasteiger partial charge in [-0.05, 0) is 18.1 Å². The number of halogens is 1. The molecule has 0 spiro atoms. The highest BCUT2D eigenvalue weighted by Crippen LogP contribution is 2.31. The molecule has 0 heterocycles. The summed E-state index contributed by atoms with van der Waals surface area (Å²) < 4.78 is 0. The fourth-order valence-corrected chi connectivity index (χ4v) is 1.50. The molecule has 17 heavy (non-hydrogen) atoms. The number of rotatable bonds is 4.